The first-order valence-corrected chi connectivity index (χ1v) is 9.41. The van der Waals surface area contributed by atoms with Gasteiger partial charge >= 0.3 is 5.97 Å². The molecule has 0 bridgehead atoms. The first-order chi connectivity index (χ1) is 13.6. The van der Waals surface area contributed by atoms with Gasteiger partial charge in [0.2, 0.25) is 5.95 Å². The van der Waals surface area contributed by atoms with Crippen LogP contribution in [-0.4, -0.2) is 55.1 Å². The SMILES string of the molecule is COC(=O)c1ccc(Nc2nc(C)cc(N3CCC4(CC3)OCCO4)n2)cc1. The lowest BCUT2D eigenvalue weighted by atomic mass is 10.0. The number of rotatable bonds is 4. The Balaban J connectivity index is 1.46. The van der Waals surface area contributed by atoms with Gasteiger partial charge in [-0.05, 0) is 31.2 Å². The molecule has 2 aliphatic rings. The van der Waals surface area contributed by atoms with Crippen molar-refractivity contribution in [2.45, 2.75) is 25.6 Å². The number of benzene rings is 1. The van der Waals surface area contributed by atoms with Crippen LogP contribution in [0.3, 0.4) is 0 Å². The van der Waals surface area contributed by atoms with Gasteiger partial charge in [0.15, 0.2) is 5.79 Å². The minimum absolute atomic E-state index is 0.362. The van der Waals surface area contributed by atoms with Crippen molar-refractivity contribution in [3.8, 4) is 0 Å². The molecule has 4 rings (SSSR count). The normalized spacial score (nSPS) is 18.3. The molecular weight excluding hydrogens is 360 g/mol. The van der Waals surface area contributed by atoms with Crippen LogP contribution in [0, 0.1) is 6.92 Å². The van der Waals surface area contributed by atoms with Gasteiger partial charge in [-0.2, -0.15) is 4.98 Å². The monoisotopic (exact) mass is 384 g/mol. The number of carbonyl (C=O) groups is 1. The second-order valence-electron chi connectivity index (χ2n) is 6.98. The molecule has 2 saturated heterocycles. The first-order valence-electron chi connectivity index (χ1n) is 9.41. The van der Waals surface area contributed by atoms with E-state index < -0.39 is 5.79 Å². The van der Waals surface area contributed by atoms with Crippen LogP contribution < -0.4 is 10.2 Å². The van der Waals surface area contributed by atoms with Crippen molar-refractivity contribution in [1.82, 2.24) is 9.97 Å². The smallest absolute Gasteiger partial charge is 0.337 e. The van der Waals surface area contributed by atoms with Crippen molar-refractivity contribution < 1.29 is 19.0 Å². The van der Waals surface area contributed by atoms with Gasteiger partial charge in [0.1, 0.15) is 5.82 Å². The van der Waals surface area contributed by atoms with Crippen molar-refractivity contribution in [2.24, 2.45) is 0 Å². The number of anilines is 3. The summed E-state index contributed by atoms with van der Waals surface area (Å²) in [7, 11) is 1.37. The Kier molecular flexibility index (Phi) is 5.15. The van der Waals surface area contributed by atoms with E-state index in [0.717, 1.165) is 43.1 Å². The highest BCUT2D eigenvalue weighted by atomic mass is 16.7. The van der Waals surface area contributed by atoms with E-state index >= 15 is 0 Å². The number of piperidine rings is 1. The number of methoxy groups -OCH3 is 1. The third-order valence-corrected chi connectivity index (χ3v) is 5.07. The van der Waals surface area contributed by atoms with Gasteiger partial charge in [-0.3, -0.25) is 0 Å². The lowest BCUT2D eigenvalue weighted by Gasteiger charge is -2.38. The van der Waals surface area contributed by atoms with E-state index in [1.807, 2.05) is 13.0 Å². The topological polar surface area (TPSA) is 85.8 Å². The van der Waals surface area contributed by atoms with Gasteiger partial charge in [0.25, 0.3) is 0 Å². The molecule has 0 amide bonds. The second kappa shape index (κ2) is 7.73. The lowest BCUT2D eigenvalue weighted by Crippen LogP contribution is -2.45. The summed E-state index contributed by atoms with van der Waals surface area (Å²) in [5, 5.41) is 3.21. The maximum atomic E-state index is 11.5. The number of ether oxygens (including phenoxy) is 3. The molecular formula is C20H24N4O4. The van der Waals surface area contributed by atoms with Gasteiger partial charge in [-0.1, -0.05) is 0 Å². The van der Waals surface area contributed by atoms with Gasteiger partial charge in [0.05, 0.1) is 25.9 Å². The van der Waals surface area contributed by atoms with Crippen molar-refractivity contribution in [2.75, 3.05) is 43.6 Å². The van der Waals surface area contributed by atoms with Crippen molar-refractivity contribution in [3.05, 3.63) is 41.6 Å². The highest BCUT2D eigenvalue weighted by molar-refractivity contribution is 5.89. The van der Waals surface area contributed by atoms with Crippen LogP contribution in [0.15, 0.2) is 30.3 Å². The van der Waals surface area contributed by atoms with Gasteiger partial charge in [-0.15, -0.1) is 0 Å². The summed E-state index contributed by atoms with van der Waals surface area (Å²) < 4.78 is 16.3. The lowest BCUT2D eigenvalue weighted by molar-refractivity contribution is -0.169. The summed E-state index contributed by atoms with van der Waals surface area (Å²) in [5.74, 6) is 0.642. The molecule has 8 heteroatoms. The molecule has 28 heavy (non-hydrogen) atoms. The minimum atomic E-state index is -0.402. The van der Waals surface area contributed by atoms with Crippen LogP contribution in [0.2, 0.25) is 0 Å². The van der Waals surface area contributed by atoms with E-state index in [2.05, 4.69) is 20.2 Å². The van der Waals surface area contributed by atoms with Crippen LogP contribution in [-0.2, 0) is 14.2 Å². The average molecular weight is 384 g/mol. The van der Waals surface area contributed by atoms with Crippen LogP contribution >= 0.6 is 0 Å². The number of nitrogens with zero attached hydrogens (tertiary/aromatic N) is 3. The predicted octanol–water partition coefficient (Wildman–Crippen LogP) is 2.66. The average Bonchev–Trinajstić information content (AvgIpc) is 3.16. The van der Waals surface area contributed by atoms with E-state index in [-0.39, 0.29) is 5.97 Å². The van der Waals surface area contributed by atoms with Crippen molar-refractivity contribution in [3.63, 3.8) is 0 Å². The van der Waals surface area contributed by atoms with E-state index in [1.165, 1.54) is 7.11 Å². The Morgan fingerprint density at radius 1 is 1.14 bits per heavy atom. The summed E-state index contributed by atoms with van der Waals surface area (Å²) in [6.45, 7) is 4.95. The van der Waals surface area contributed by atoms with Gasteiger partial charge in [-0.25, -0.2) is 9.78 Å². The zero-order valence-electron chi connectivity index (χ0n) is 16.1. The highest BCUT2D eigenvalue weighted by Crippen LogP contribution is 2.33. The fraction of sp³-hybridized carbons (Fsp3) is 0.450. The number of esters is 1. The number of aromatic nitrogens is 2. The zero-order chi connectivity index (χ0) is 19.6. The van der Waals surface area contributed by atoms with E-state index in [9.17, 15) is 4.79 Å². The summed E-state index contributed by atoms with van der Waals surface area (Å²) in [6.07, 6.45) is 1.65. The Morgan fingerprint density at radius 2 is 1.82 bits per heavy atom. The molecule has 148 valence electrons. The van der Waals surface area contributed by atoms with Crippen molar-refractivity contribution in [1.29, 1.82) is 0 Å². The number of aryl methyl sites for hydroxylation is 1. The Hall–Kier alpha value is -2.71. The maximum Gasteiger partial charge on any atom is 0.337 e. The van der Waals surface area contributed by atoms with Gasteiger partial charge < -0.3 is 24.4 Å². The molecule has 8 nitrogen and oxygen atoms in total. The molecule has 2 aromatic rings. The number of carbonyl (C=O) groups excluding carboxylic acids is 1. The zero-order valence-corrected chi connectivity index (χ0v) is 16.1. The van der Waals surface area contributed by atoms with Gasteiger partial charge in [0, 0.05) is 43.4 Å². The summed E-state index contributed by atoms with van der Waals surface area (Å²) >= 11 is 0. The number of nitrogens with one attached hydrogen (secondary N) is 1. The van der Waals surface area contributed by atoms with Crippen LogP contribution in [0.25, 0.3) is 0 Å². The molecule has 1 aromatic carbocycles. The quantitative estimate of drug-likeness (QED) is 0.806. The van der Waals surface area contributed by atoms with Crippen molar-refractivity contribution >= 4 is 23.4 Å². The molecule has 0 saturated carbocycles. The molecule has 1 aromatic heterocycles. The highest BCUT2D eigenvalue weighted by Gasteiger charge is 2.40. The summed E-state index contributed by atoms with van der Waals surface area (Å²) in [6, 6.07) is 9.00. The molecule has 0 aliphatic carbocycles. The molecule has 1 N–H and O–H groups in total. The summed E-state index contributed by atoms with van der Waals surface area (Å²) in [5.41, 5.74) is 2.18. The summed E-state index contributed by atoms with van der Waals surface area (Å²) in [4.78, 5) is 22.9. The second-order valence-corrected chi connectivity index (χ2v) is 6.98. The van der Waals surface area contributed by atoms with Crippen LogP contribution in [0.5, 0.6) is 0 Å². The largest absolute Gasteiger partial charge is 0.465 e. The maximum absolute atomic E-state index is 11.5. The molecule has 0 radical (unpaired) electrons. The fourth-order valence-corrected chi connectivity index (χ4v) is 3.57. The fourth-order valence-electron chi connectivity index (χ4n) is 3.57. The van der Waals surface area contributed by atoms with E-state index in [1.54, 1.807) is 24.3 Å². The predicted molar refractivity (Wildman–Crippen MR) is 104 cm³/mol. The number of hydrogen-bond acceptors (Lipinski definition) is 8. The molecule has 2 aliphatic heterocycles. The molecule has 0 atom stereocenters. The molecule has 0 unspecified atom stereocenters. The van der Waals surface area contributed by atoms with Crippen LogP contribution in [0.1, 0.15) is 28.9 Å². The minimum Gasteiger partial charge on any atom is -0.465 e. The molecule has 1 spiro atoms. The standard InChI is InChI=1S/C20H24N4O4/c1-14-13-17(24-9-7-20(8-10-24)27-11-12-28-20)23-19(21-14)22-16-5-3-15(4-6-16)18(25)26-2/h3-6,13H,7-12H2,1-2H3,(H,21,22,23). The Bertz CT molecular complexity index is 840. The Labute approximate surface area is 163 Å². The van der Waals surface area contributed by atoms with Crippen LogP contribution in [0.4, 0.5) is 17.5 Å². The molecule has 3 heterocycles. The molecule has 2 fully saturated rings. The first kappa shape index (κ1) is 18.6. The van der Waals surface area contributed by atoms with E-state index in [0.29, 0.717) is 24.7 Å². The number of hydrogen-bond donors (Lipinski definition) is 1. The van der Waals surface area contributed by atoms with E-state index in [4.69, 9.17) is 14.2 Å². The Morgan fingerprint density at radius 3 is 2.46 bits per heavy atom. The third kappa shape index (κ3) is 3.93. The third-order valence-electron chi connectivity index (χ3n) is 5.07.